The SMILES string of the molecule is CNCC1CCN(c2ccc(Nc3ncc4ccn(-c5cccc(NS(=O)(=O)C(C)(C)C)c5)c4n3)cc2F)CC1. The molecule has 0 spiro atoms. The zero-order valence-corrected chi connectivity index (χ0v) is 24.1. The molecular formula is C29H36FN7O2S. The number of nitrogens with zero attached hydrogens (tertiary/aromatic N) is 4. The Morgan fingerprint density at radius 1 is 1.05 bits per heavy atom. The molecule has 5 rings (SSSR count). The molecule has 2 aromatic heterocycles. The second-order valence-electron chi connectivity index (χ2n) is 11.2. The van der Waals surface area contributed by atoms with Crippen molar-refractivity contribution in [1.29, 1.82) is 0 Å². The van der Waals surface area contributed by atoms with Gasteiger partial charge in [-0.2, -0.15) is 4.98 Å². The van der Waals surface area contributed by atoms with Crippen LogP contribution in [0, 0.1) is 11.7 Å². The second kappa shape index (κ2) is 11.1. The lowest BCUT2D eigenvalue weighted by Crippen LogP contribution is -2.37. The Balaban J connectivity index is 1.35. The van der Waals surface area contributed by atoms with Crippen molar-refractivity contribution < 1.29 is 12.8 Å². The first-order valence-corrected chi connectivity index (χ1v) is 15.0. The van der Waals surface area contributed by atoms with E-state index < -0.39 is 14.8 Å². The third kappa shape index (κ3) is 5.90. The van der Waals surface area contributed by atoms with E-state index in [1.54, 1.807) is 51.2 Å². The number of hydrogen-bond donors (Lipinski definition) is 3. The van der Waals surface area contributed by atoms with Crippen LogP contribution in [0.25, 0.3) is 16.7 Å². The van der Waals surface area contributed by atoms with Crippen molar-refractivity contribution in [3.8, 4) is 5.69 Å². The number of piperidine rings is 1. The lowest BCUT2D eigenvalue weighted by Gasteiger charge is -2.33. The standard InChI is InChI=1S/C29H36FN7O2S/c1-29(2,3)40(38,39)35-23-6-5-7-24(16-23)37-15-12-21-19-32-28(34-27(21)37)33-22-8-9-26(25(30)17-22)36-13-10-20(11-14-36)18-31-4/h5-9,12,15-17,19-20,31,35H,10-11,13-14,18H2,1-4H3,(H,32,33,34). The summed E-state index contributed by atoms with van der Waals surface area (Å²) in [5, 5.41) is 7.17. The maximum atomic E-state index is 15.1. The first kappa shape index (κ1) is 27.9. The van der Waals surface area contributed by atoms with Gasteiger partial charge in [-0.3, -0.25) is 4.72 Å². The summed E-state index contributed by atoms with van der Waals surface area (Å²) in [6.45, 7) is 7.62. The highest BCUT2D eigenvalue weighted by molar-refractivity contribution is 7.94. The Morgan fingerprint density at radius 3 is 2.52 bits per heavy atom. The van der Waals surface area contributed by atoms with E-state index in [1.165, 1.54) is 6.07 Å². The number of anilines is 4. The summed E-state index contributed by atoms with van der Waals surface area (Å²) < 4.78 is 44.0. The van der Waals surface area contributed by atoms with E-state index in [-0.39, 0.29) is 5.82 Å². The van der Waals surface area contributed by atoms with E-state index in [1.807, 2.05) is 36.0 Å². The first-order valence-electron chi connectivity index (χ1n) is 13.5. The maximum absolute atomic E-state index is 15.1. The number of halogens is 1. The Morgan fingerprint density at radius 2 is 1.82 bits per heavy atom. The lowest BCUT2D eigenvalue weighted by atomic mass is 9.96. The molecule has 1 saturated heterocycles. The molecule has 0 radical (unpaired) electrons. The number of fused-ring (bicyclic) bond motifs is 1. The van der Waals surface area contributed by atoms with Crippen LogP contribution in [0.1, 0.15) is 33.6 Å². The fourth-order valence-corrected chi connectivity index (χ4v) is 5.59. The van der Waals surface area contributed by atoms with Gasteiger partial charge in [-0.05, 0) is 95.6 Å². The predicted octanol–water partition coefficient (Wildman–Crippen LogP) is 5.28. The highest BCUT2D eigenvalue weighted by Gasteiger charge is 2.29. The van der Waals surface area contributed by atoms with Crippen LogP contribution in [-0.2, 0) is 10.0 Å². The largest absolute Gasteiger partial charge is 0.369 e. The van der Waals surface area contributed by atoms with Gasteiger partial charge in [0.1, 0.15) is 11.5 Å². The molecule has 40 heavy (non-hydrogen) atoms. The third-order valence-electron chi connectivity index (χ3n) is 7.26. The lowest BCUT2D eigenvalue weighted by molar-refractivity contribution is 0.391. The van der Waals surface area contributed by atoms with Crippen LogP contribution in [0.5, 0.6) is 0 Å². The Bertz CT molecular complexity index is 1610. The Labute approximate surface area is 234 Å². The van der Waals surface area contributed by atoms with Gasteiger partial charge in [0.05, 0.1) is 16.1 Å². The van der Waals surface area contributed by atoms with Crippen molar-refractivity contribution in [3.05, 3.63) is 66.7 Å². The molecular weight excluding hydrogens is 529 g/mol. The summed E-state index contributed by atoms with van der Waals surface area (Å²) in [7, 11) is -1.60. The molecule has 4 aromatic rings. The van der Waals surface area contributed by atoms with Gasteiger partial charge in [-0.1, -0.05) is 6.07 Å². The van der Waals surface area contributed by atoms with E-state index >= 15 is 4.39 Å². The maximum Gasteiger partial charge on any atom is 0.237 e. The first-order chi connectivity index (χ1) is 19.0. The van der Waals surface area contributed by atoms with Gasteiger partial charge < -0.3 is 20.1 Å². The summed E-state index contributed by atoms with van der Waals surface area (Å²) >= 11 is 0. The average molecular weight is 566 g/mol. The van der Waals surface area contributed by atoms with Crippen LogP contribution in [-0.4, -0.2) is 54.4 Å². The molecule has 212 valence electrons. The molecule has 0 aliphatic carbocycles. The van der Waals surface area contributed by atoms with Crippen molar-refractivity contribution >= 4 is 44.1 Å². The van der Waals surface area contributed by atoms with Gasteiger partial charge in [-0.15, -0.1) is 0 Å². The number of rotatable bonds is 8. The van der Waals surface area contributed by atoms with E-state index in [4.69, 9.17) is 0 Å². The van der Waals surface area contributed by atoms with E-state index in [0.717, 1.165) is 43.5 Å². The molecule has 3 N–H and O–H groups in total. The van der Waals surface area contributed by atoms with E-state index in [2.05, 4.69) is 30.2 Å². The van der Waals surface area contributed by atoms with Crippen molar-refractivity contribution in [3.63, 3.8) is 0 Å². The topological polar surface area (TPSA) is 104 Å². The number of nitrogens with one attached hydrogen (secondary N) is 3. The van der Waals surface area contributed by atoms with Crippen molar-refractivity contribution in [2.45, 2.75) is 38.4 Å². The normalized spacial score (nSPS) is 15.0. The predicted molar refractivity (Wildman–Crippen MR) is 160 cm³/mol. The van der Waals surface area contributed by atoms with Gasteiger partial charge in [0.15, 0.2) is 0 Å². The number of hydrogen-bond acceptors (Lipinski definition) is 7. The quantitative estimate of drug-likeness (QED) is 0.267. The fourth-order valence-electron chi connectivity index (χ4n) is 4.85. The monoisotopic (exact) mass is 565 g/mol. The van der Waals surface area contributed by atoms with Crippen LogP contribution in [0.15, 0.2) is 60.9 Å². The second-order valence-corrected chi connectivity index (χ2v) is 13.6. The summed E-state index contributed by atoms with van der Waals surface area (Å²) in [5.74, 6) is 0.680. The summed E-state index contributed by atoms with van der Waals surface area (Å²) in [5.41, 5.74) is 3.00. The summed E-state index contributed by atoms with van der Waals surface area (Å²) in [6.07, 6.45) is 5.64. The number of aromatic nitrogens is 3. The molecule has 1 aliphatic heterocycles. The molecule has 0 saturated carbocycles. The summed E-state index contributed by atoms with van der Waals surface area (Å²) in [4.78, 5) is 11.2. The Kier molecular flexibility index (Phi) is 7.70. The van der Waals surface area contributed by atoms with Gasteiger partial charge in [0, 0.05) is 42.2 Å². The van der Waals surface area contributed by atoms with Gasteiger partial charge in [-0.25, -0.2) is 17.8 Å². The van der Waals surface area contributed by atoms with Crippen LogP contribution < -0.4 is 20.3 Å². The van der Waals surface area contributed by atoms with Crippen molar-refractivity contribution in [2.24, 2.45) is 5.92 Å². The van der Waals surface area contributed by atoms with E-state index in [0.29, 0.717) is 34.6 Å². The zero-order chi connectivity index (χ0) is 28.5. The molecule has 0 amide bonds. The third-order valence-corrected chi connectivity index (χ3v) is 9.38. The van der Waals surface area contributed by atoms with Gasteiger partial charge >= 0.3 is 0 Å². The molecule has 9 nitrogen and oxygen atoms in total. The minimum atomic E-state index is -3.57. The van der Waals surface area contributed by atoms with Crippen molar-refractivity contribution in [2.75, 3.05) is 41.6 Å². The Hall–Kier alpha value is -3.70. The molecule has 1 fully saturated rings. The molecule has 3 heterocycles. The highest BCUT2D eigenvalue weighted by Crippen LogP contribution is 2.29. The molecule has 11 heteroatoms. The minimum absolute atomic E-state index is 0.281. The average Bonchev–Trinajstić information content (AvgIpc) is 3.32. The number of benzene rings is 2. The molecule has 2 aromatic carbocycles. The number of sulfonamides is 1. The van der Waals surface area contributed by atoms with Gasteiger partial charge in [0.2, 0.25) is 16.0 Å². The summed E-state index contributed by atoms with van der Waals surface area (Å²) in [6, 6.07) is 14.1. The van der Waals surface area contributed by atoms with Crippen molar-refractivity contribution in [1.82, 2.24) is 19.9 Å². The fraction of sp³-hybridized carbons (Fsp3) is 0.379. The molecule has 0 atom stereocenters. The van der Waals surface area contributed by atoms with E-state index in [9.17, 15) is 8.42 Å². The van der Waals surface area contributed by atoms with Crippen LogP contribution >= 0.6 is 0 Å². The van der Waals surface area contributed by atoms with Crippen LogP contribution in [0.4, 0.5) is 27.4 Å². The smallest absolute Gasteiger partial charge is 0.237 e. The minimum Gasteiger partial charge on any atom is -0.369 e. The van der Waals surface area contributed by atoms with Crippen LogP contribution in [0.3, 0.4) is 0 Å². The zero-order valence-electron chi connectivity index (χ0n) is 23.3. The molecule has 1 aliphatic rings. The van der Waals surface area contributed by atoms with Gasteiger partial charge in [0.25, 0.3) is 0 Å². The molecule has 0 unspecified atom stereocenters. The molecule has 0 bridgehead atoms. The highest BCUT2D eigenvalue weighted by atomic mass is 32.2. The van der Waals surface area contributed by atoms with Crippen LogP contribution in [0.2, 0.25) is 0 Å².